The Balaban J connectivity index is 1.38. The van der Waals surface area contributed by atoms with Gasteiger partial charge in [-0.3, -0.25) is 4.40 Å². The molecule has 5 heteroatoms. The zero-order chi connectivity index (χ0) is 29.5. The van der Waals surface area contributed by atoms with E-state index < -0.39 is 0 Å². The lowest BCUT2D eigenvalue weighted by atomic mass is 9.87. The van der Waals surface area contributed by atoms with Crippen LogP contribution in [0.2, 0.25) is 0 Å². The van der Waals surface area contributed by atoms with Crippen LogP contribution in [0.1, 0.15) is 50.7 Å². The van der Waals surface area contributed by atoms with Gasteiger partial charge in [0, 0.05) is 38.4 Å². The average molecular weight is 580 g/mol. The van der Waals surface area contributed by atoms with Crippen LogP contribution >= 0.6 is 11.8 Å². The third kappa shape index (κ3) is 5.04. The van der Waals surface area contributed by atoms with Crippen molar-refractivity contribution in [1.29, 1.82) is 0 Å². The SMILES string of the molecule is CC(C)c1cccc(C(C)C)c1-c1cnc2c3cc(Sc4cccc(Oc5ccccn5)c4)ccc3c3ccccc3n12. The quantitative estimate of drug-likeness (QED) is 0.176. The van der Waals surface area contributed by atoms with Gasteiger partial charge in [-0.2, -0.15) is 0 Å². The lowest BCUT2D eigenvalue weighted by molar-refractivity contribution is 0.462. The second-order valence-electron chi connectivity index (χ2n) is 11.5. The maximum absolute atomic E-state index is 5.99. The number of para-hydroxylation sites is 1. The molecule has 7 aromatic rings. The highest BCUT2D eigenvalue weighted by atomic mass is 32.2. The Morgan fingerprint density at radius 1 is 0.651 bits per heavy atom. The normalized spacial score (nSPS) is 11.8. The van der Waals surface area contributed by atoms with E-state index in [-0.39, 0.29) is 0 Å². The van der Waals surface area contributed by atoms with Gasteiger partial charge in [-0.05, 0) is 70.8 Å². The lowest BCUT2D eigenvalue weighted by Crippen LogP contribution is -2.02. The standard InChI is InChI=1S/C38H33N3OS/c1-24(2)29-14-10-15-30(25(3)4)37(29)35-23-40-38-33-22-28(18-19-31(33)32-13-5-6-16-34(32)41(35)38)43-27-12-9-11-26(21-27)42-36-17-7-8-20-39-36/h5-25H,1-4H3. The molecule has 4 aromatic carbocycles. The van der Waals surface area contributed by atoms with Crippen molar-refractivity contribution in [2.24, 2.45) is 0 Å². The Labute approximate surface area is 256 Å². The van der Waals surface area contributed by atoms with Crippen LogP contribution in [0.25, 0.3) is 38.6 Å². The van der Waals surface area contributed by atoms with E-state index >= 15 is 0 Å². The molecule has 3 heterocycles. The smallest absolute Gasteiger partial charge is 0.219 e. The first-order valence-corrected chi connectivity index (χ1v) is 15.6. The van der Waals surface area contributed by atoms with Gasteiger partial charge in [0.15, 0.2) is 0 Å². The molecule has 0 saturated carbocycles. The van der Waals surface area contributed by atoms with Crippen LogP contribution < -0.4 is 4.74 Å². The number of imidazole rings is 1. The number of aromatic nitrogens is 3. The molecule has 0 atom stereocenters. The summed E-state index contributed by atoms with van der Waals surface area (Å²) in [6.07, 6.45) is 3.81. The first-order valence-electron chi connectivity index (χ1n) is 14.8. The second-order valence-corrected chi connectivity index (χ2v) is 12.6. The third-order valence-electron chi connectivity index (χ3n) is 7.96. The summed E-state index contributed by atoms with van der Waals surface area (Å²) in [6.45, 7) is 9.11. The number of benzene rings is 4. The van der Waals surface area contributed by atoms with Crippen molar-refractivity contribution < 1.29 is 4.74 Å². The third-order valence-corrected chi connectivity index (χ3v) is 8.94. The van der Waals surface area contributed by atoms with Gasteiger partial charge < -0.3 is 4.74 Å². The Morgan fingerprint density at radius 2 is 1.40 bits per heavy atom. The second kappa shape index (κ2) is 11.2. The van der Waals surface area contributed by atoms with Gasteiger partial charge in [0.05, 0.1) is 17.4 Å². The van der Waals surface area contributed by atoms with Crippen LogP contribution in [0.4, 0.5) is 0 Å². The van der Waals surface area contributed by atoms with Crippen LogP contribution in [0.15, 0.2) is 125 Å². The van der Waals surface area contributed by atoms with Crippen molar-refractivity contribution >= 4 is 39.1 Å². The number of pyridine rings is 2. The van der Waals surface area contributed by atoms with E-state index in [1.54, 1.807) is 18.0 Å². The molecule has 43 heavy (non-hydrogen) atoms. The van der Waals surface area contributed by atoms with E-state index in [1.165, 1.54) is 33.0 Å². The topological polar surface area (TPSA) is 39.4 Å². The Morgan fingerprint density at radius 3 is 2.16 bits per heavy atom. The molecule has 212 valence electrons. The molecule has 3 aromatic heterocycles. The summed E-state index contributed by atoms with van der Waals surface area (Å²) in [7, 11) is 0. The van der Waals surface area contributed by atoms with Crippen LogP contribution in [0, 0.1) is 0 Å². The summed E-state index contributed by atoms with van der Waals surface area (Å²) in [6, 6.07) is 36.0. The van der Waals surface area contributed by atoms with Gasteiger partial charge in [-0.1, -0.05) is 94.1 Å². The molecule has 4 nitrogen and oxygen atoms in total. The maximum atomic E-state index is 5.99. The summed E-state index contributed by atoms with van der Waals surface area (Å²) in [5, 5.41) is 3.57. The van der Waals surface area contributed by atoms with E-state index in [2.05, 4.69) is 116 Å². The summed E-state index contributed by atoms with van der Waals surface area (Å²) in [5.41, 5.74) is 7.32. The predicted octanol–water partition coefficient (Wildman–Crippen LogP) is 10.9. The molecule has 0 unspecified atom stereocenters. The Hall–Kier alpha value is -4.61. The fraction of sp³-hybridized carbons (Fsp3) is 0.158. The molecular formula is C38H33N3OS. The molecule has 0 spiro atoms. The zero-order valence-electron chi connectivity index (χ0n) is 24.8. The molecular weight excluding hydrogens is 547 g/mol. The van der Waals surface area contributed by atoms with Gasteiger partial charge in [0.25, 0.3) is 0 Å². The highest BCUT2D eigenvalue weighted by molar-refractivity contribution is 7.99. The van der Waals surface area contributed by atoms with Crippen LogP contribution in [-0.4, -0.2) is 14.4 Å². The highest BCUT2D eigenvalue weighted by Gasteiger charge is 2.21. The molecule has 7 rings (SSSR count). The van der Waals surface area contributed by atoms with Gasteiger partial charge in [-0.15, -0.1) is 0 Å². The van der Waals surface area contributed by atoms with Gasteiger partial charge in [-0.25, -0.2) is 9.97 Å². The molecule has 0 N–H and O–H groups in total. The lowest BCUT2D eigenvalue weighted by Gasteiger charge is -2.20. The summed E-state index contributed by atoms with van der Waals surface area (Å²) in [4.78, 5) is 11.6. The highest BCUT2D eigenvalue weighted by Crippen LogP contribution is 2.41. The van der Waals surface area contributed by atoms with Crippen LogP contribution in [0.3, 0.4) is 0 Å². The number of hydrogen-bond acceptors (Lipinski definition) is 4. The molecule has 0 aliphatic carbocycles. The van der Waals surface area contributed by atoms with Crippen molar-refractivity contribution in [1.82, 2.24) is 14.4 Å². The zero-order valence-corrected chi connectivity index (χ0v) is 25.6. The molecule has 0 aliphatic heterocycles. The summed E-state index contributed by atoms with van der Waals surface area (Å²) in [5.74, 6) is 2.14. The Bertz CT molecular complexity index is 2070. The minimum absolute atomic E-state index is 0.395. The number of nitrogens with zero attached hydrogens (tertiary/aromatic N) is 3. The van der Waals surface area contributed by atoms with E-state index in [0.29, 0.717) is 17.7 Å². The van der Waals surface area contributed by atoms with Crippen molar-refractivity contribution in [3.8, 4) is 22.9 Å². The largest absolute Gasteiger partial charge is 0.439 e. The molecule has 0 saturated heterocycles. The van der Waals surface area contributed by atoms with Crippen molar-refractivity contribution in [2.75, 3.05) is 0 Å². The molecule has 0 amide bonds. The number of hydrogen-bond donors (Lipinski definition) is 0. The van der Waals surface area contributed by atoms with Crippen molar-refractivity contribution in [3.63, 3.8) is 0 Å². The monoisotopic (exact) mass is 579 g/mol. The number of fused-ring (bicyclic) bond motifs is 6. The number of ether oxygens (including phenoxy) is 1. The maximum Gasteiger partial charge on any atom is 0.219 e. The molecule has 0 aliphatic rings. The minimum atomic E-state index is 0.395. The van der Waals surface area contributed by atoms with E-state index in [9.17, 15) is 0 Å². The van der Waals surface area contributed by atoms with E-state index in [4.69, 9.17) is 9.72 Å². The van der Waals surface area contributed by atoms with E-state index in [0.717, 1.165) is 32.3 Å². The predicted molar refractivity (Wildman–Crippen MR) is 179 cm³/mol. The fourth-order valence-corrected chi connectivity index (χ4v) is 6.88. The Kier molecular flexibility index (Phi) is 7.12. The van der Waals surface area contributed by atoms with Gasteiger partial charge >= 0.3 is 0 Å². The summed E-state index contributed by atoms with van der Waals surface area (Å²) < 4.78 is 8.37. The number of rotatable bonds is 7. The average Bonchev–Trinajstić information content (AvgIpc) is 3.47. The van der Waals surface area contributed by atoms with E-state index in [1.807, 2.05) is 30.3 Å². The van der Waals surface area contributed by atoms with Crippen molar-refractivity contribution in [3.05, 3.63) is 127 Å². The molecule has 0 bridgehead atoms. The molecule has 0 fully saturated rings. The fourth-order valence-electron chi connectivity index (χ4n) is 5.98. The minimum Gasteiger partial charge on any atom is -0.439 e. The first-order chi connectivity index (χ1) is 21.0. The van der Waals surface area contributed by atoms with Crippen LogP contribution in [0.5, 0.6) is 11.6 Å². The summed E-state index contributed by atoms with van der Waals surface area (Å²) >= 11 is 1.72. The molecule has 0 radical (unpaired) electrons. The van der Waals surface area contributed by atoms with Gasteiger partial charge in [0.2, 0.25) is 5.88 Å². The van der Waals surface area contributed by atoms with Crippen LogP contribution in [-0.2, 0) is 0 Å². The first kappa shape index (κ1) is 27.2. The van der Waals surface area contributed by atoms with Gasteiger partial charge in [0.1, 0.15) is 11.4 Å². The van der Waals surface area contributed by atoms with Crippen molar-refractivity contribution in [2.45, 2.75) is 49.3 Å².